The summed E-state index contributed by atoms with van der Waals surface area (Å²) in [4.78, 5) is 0. The van der Waals surface area contributed by atoms with Crippen LogP contribution in [0, 0.1) is 0 Å². The van der Waals surface area contributed by atoms with Crippen molar-refractivity contribution in [3.05, 3.63) is 68.1 Å². The molecule has 106 valence electrons. The first kappa shape index (κ1) is 15.6. The van der Waals surface area contributed by atoms with Crippen molar-refractivity contribution in [2.75, 3.05) is 0 Å². The molecule has 2 aromatic rings. The van der Waals surface area contributed by atoms with Gasteiger partial charge in [0.25, 0.3) is 0 Å². The molecule has 0 radical (unpaired) electrons. The summed E-state index contributed by atoms with van der Waals surface area (Å²) in [7, 11) is 0. The predicted octanol–water partition coefficient (Wildman–Crippen LogP) is 5.28. The van der Waals surface area contributed by atoms with Gasteiger partial charge in [-0.05, 0) is 53.3 Å². The van der Waals surface area contributed by atoms with E-state index in [-0.39, 0.29) is 6.04 Å². The molecule has 0 amide bonds. The molecule has 0 bridgehead atoms. The lowest BCUT2D eigenvalue weighted by Crippen LogP contribution is -2.12. The van der Waals surface area contributed by atoms with Gasteiger partial charge in [-0.15, -0.1) is 0 Å². The summed E-state index contributed by atoms with van der Waals surface area (Å²) in [6.07, 6.45) is 2.09. The Morgan fingerprint density at radius 3 is 2.30 bits per heavy atom. The minimum absolute atomic E-state index is 0.152. The van der Waals surface area contributed by atoms with Crippen molar-refractivity contribution in [1.82, 2.24) is 0 Å². The average molecular weight is 353 g/mol. The minimum Gasteiger partial charge on any atom is -0.320 e. The fraction of sp³-hybridized carbons (Fsp3) is 0.294. The quantitative estimate of drug-likeness (QED) is 0.796. The molecule has 0 heterocycles. The maximum Gasteiger partial charge on any atom is 0.0552 e. The van der Waals surface area contributed by atoms with E-state index >= 15 is 0 Å². The fourth-order valence-corrected chi connectivity index (χ4v) is 3.35. The zero-order valence-electron chi connectivity index (χ0n) is 11.8. The van der Waals surface area contributed by atoms with Crippen molar-refractivity contribution in [1.29, 1.82) is 0 Å². The first-order valence-electron chi connectivity index (χ1n) is 6.88. The number of benzene rings is 2. The number of rotatable bonds is 4. The number of halogens is 2. The summed E-state index contributed by atoms with van der Waals surface area (Å²) in [5.41, 5.74) is 11.3. The van der Waals surface area contributed by atoms with Crippen LogP contribution in [0.5, 0.6) is 0 Å². The number of aryl methyl sites for hydroxylation is 2. The fourth-order valence-electron chi connectivity index (χ4n) is 2.46. The van der Waals surface area contributed by atoms with Gasteiger partial charge in [0, 0.05) is 9.50 Å². The number of hydrogen-bond acceptors (Lipinski definition) is 1. The van der Waals surface area contributed by atoms with Crippen LogP contribution in [-0.2, 0) is 12.8 Å². The first-order valence-corrected chi connectivity index (χ1v) is 8.05. The lowest BCUT2D eigenvalue weighted by Gasteiger charge is -2.16. The molecule has 1 unspecified atom stereocenters. The molecule has 0 saturated heterocycles. The van der Waals surface area contributed by atoms with Crippen LogP contribution in [0.2, 0.25) is 5.02 Å². The Labute approximate surface area is 134 Å². The highest BCUT2D eigenvalue weighted by molar-refractivity contribution is 9.10. The average Bonchev–Trinajstić information content (AvgIpc) is 2.44. The molecule has 1 nitrogen and oxygen atoms in total. The molecule has 1 atom stereocenters. The van der Waals surface area contributed by atoms with Gasteiger partial charge in [0.15, 0.2) is 0 Å². The molecular weight excluding hydrogens is 334 g/mol. The molecule has 0 fully saturated rings. The van der Waals surface area contributed by atoms with Crippen LogP contribution in [0.3, 0.4) is 0 Å². The monoisotopic (exact) mass is 351 g/mol. The third kappa shape index (κ3) is 3.43. The van der Waals surface area contributed by atoms with Crippen LogP contribution >= 0.6 is 27.5 Å². The van der Waals surface area contributed by atoms with Gasteiger partial charge in [0.05, 0.1) is 6.04 Å². The van der Waals surface area contributed by atoms with Gasteiger partial charge < -0.3 is 5.73 Å². The highest BCUT2D eigenvalue weighted by atomic mass is 79.9. The smallest absolute Gasteiger partial charge is 0.0552 e. The Morgan fingerprint density at radius 1 is 1.00 bits per heavy atom. The summed E-state index contributed by atoms with van der Waals surface area (Å²) >= 11 is 9.57. The Bertz CT molecular complexity index is 590. The molecule has 0 aliphatic heterocycles. The van der Waals surface area contributed by atoms with Crippen molar-refractivity contribution < 1.29 is 0 Å². The van der Waals surface area contributed by atoms with E-state index in [9.17, 15) is 0 Å². The van der Waals surface area contributed by atoms with Crippen molar-refractivity contribution in [3.8, 4) is 0 Å². The predicted molar refractivity (Wildman–Crippen MR) is 90.4 cm³/mol. The van der Waals surface area contributed by atoms with Gasteiger partial charge in [-0.2, -0.15) is 0 Å². The Hall–Kier alpha value is -0.830. The molecular formula is C17H19BrClN. The molecule has 2 aromatic carbocycles. The molecule has 3 heteroatoms. The first-order chi connectivity index (χ1) is 9.55. The zero-order valence-corrected chi connectivity index (χ0v) is 14.1. The maximum atomic E-state index is 6.39. The van der Waals surface area contributed by atoms with E-state index in [0.29, 0.717) is 5.02 Å². The van der Waals surface area contributed by atoms with E-state index in [1.54, 1.807) is 0 Å². The summed E-state index contributed by atoms with van der Waals surface area (Å²) < 4.78 is 0.955. The van der Waals surface area contributed by atoms with E-state index in [0.717, 1.165) is 28.4 Å². The summed E-state index contributed by atoms with van der Waals surface area (Å²) in [6, 6.07) is 12.2. The molecule has 0 aromatic heterocycles. The Morgan fingerprint density at radius 2 is 1.70 bits per heavy atom. The summed E-state index contributed by atoms with van der Waals surface area (Å²) in [5, 5.41) is 0.700. The van der Waals surface area contributed by atoms with Gasteiger partial charge in [0.1, 0.15) is 0 Å². The van der Waals surface area contributed by atoms with Crippen LogP contribution in [0.25, 0.3) is 0 Å². The van der Waals surface area contributed by atoms with Crippen LogP contribution < -0.4 is 5.73 Å². The van der Waals surface area contributed by atoms with Gasteiger partial charge >= 0.3 is 0 Å². The number of hydrogen-bond donors (Lipinski definition) is 1. The lowest BCUT2D eigenvalue weighted by atomic mass is 9.94. The van der Waals surface area contributed by atoms with Crippen molar-refractivity contribution in [2.45, 2.75) is 32.7 Å². The van der Waals surface area contributed by atoms with Gasteiger partial charge in [0.2, 0.25) is 0 Å². The normalized spacial score (nSPS) is 12.4. The molecule has 2 rings (SSSR count). The van der Waals surface area contributed by atoms with Crippen LogP contribution in [-0.4, -0.2) is 0 Å². The SMILES string of the molecule is CCc1ccc(C(N)c2cc(Cl)cc(Br)c2)cc1CC. The van der Waals surface area contributed by atoms with Crippen LogP contribution in [0.1, 0.15) is 42.1 Å². The third-order valence-electron chi connectivity index (χ3n) is 3.60. The van der Waals surface area contributed by atoms with E-state index in [4.69, 9.17) is 17.3 Å². The van der Waals surface area contributed by atoms with Gasteiger partial charge in [-0.1, -0.05) is 59.6 Å². The molecule has 0 saturated carbocycles. The second-order valence-electron chi connectivity index (χ2n) is 4.92. The van der Waals surface area contributed by atoms with E-state index in [1.807, 2.05) is 18.2 Å². The molecule has 2 N–H and O–H groups in total. The zero-order chi connectivity index (χ0) is 14.7. The van der Waals surface area contributed by atoms with Crippen molar-refractivity contribution in [3.63, 3.8) is 0 Å². The highest BCUT2D eigenvalue weighted by Crippen LogP contribution is 2.27. The van der Waals surface area contributed by atoms with Crippen molar-refractivity contribution in [2.24, 2.45) is 5.73 Å². The van der Waals surface area contributed by atoms with E-state index in [2.05, 4.69) is 48.0 Å². The van der Waals surface area contributed by atoms with Gasteiger partial charge in [-0.25, -0.2) is 0 Å². The second-order valence-corrected chi connectivity index (χ2v) is 6.27. The summed E-state index contributed by atoms with van der Waals surface area (Å²) in [6.45, 7) is 4.36. The lowest BCUT2D eigenvalue weighted by molar-refractivity contribution is 0.862. The number of nitrogens with two attached hydrogens (primary N) is 1. The summed E-state index contributed by atoms with van der Waals surface area (Å²) in [5.74, 6) is 0. The molecule has 20 heavy (non-hydrogen) atoms. The van der Waals surface area contributed by atoms with Gasteiger partial charge in [-0.3, -0.25) is 0 Å². The second kappa shape index (κ2) is 6.75. The van der Waals surface area contributed by atoms with Crippen molar-refractivity contribution >= 4 is 27.5 Å². The molecule has 0 spiro atoms. The Kier molecular flexibility index (Phi) is 5.25. The molecule has 0 aliphatic rings. The van der Waals surface area contributed by atoms with Crippen LogP contribution in [0.15, 0.2) is 40.9 Å². The Balaban J connectivity index is 2.39. The molecule has 0 aliphatic carbocycles. The maximum absolute atomic E-state index is 6.39. The van der Waals surface area contributed by atoms with E-state index in [1.165, 1.54) is 11.1 Å². The van der Waals surface area contributed by atoms with E-state index < -0.39 is 0 Å². The largest absolute Gasteiger partial charge is 0.320 e. The van der Waals surface area contributed by atoms with Crippen LogP contribution in [0.4, 0.5) is 0 Å². The highest BCUT2D eigenvalue weighted by Gasteiger charge is 2.12. The standard InChI is InChI=1S/C17H19BrClN/c1-3-11-5-6-13(7-12(11)4-2)17(20)14-8-15(18)10-16(19)9-14/h5-10,17H,3-4,20H2,1-2H3. The minimum atomic E-state index is -0.152. The topological polar surface area (TPSA) is 26.0 Å². The third-order valence-corrected chi connectivity index (χ3v) is 4.27.